The van der Waals surface area contributed by atoms with E-state index in [1.54, 1.807) is 12.1 Å². The number of nitrogens with zero attached hydrogens (tertiary/aromatic N) is 2. The lowest BCUT2D eigenvalue weighted by atomic mass is 10.0. The number of anilines is 1. The van der Waals surface area contributed by atoms with E-state index in [-0.39, 0.29) is 22.8 Å². The Hall–Kier alpha value is -1.66. The van der Waals surface area contributed by atoms with Crippen LogP contribution >= 0.6 is 0 Å². The Bertz CT molecular complexity index is 489. The molecule has 0 heterocycles. The summed E-state index contributed by atoms with van der Waals surface area (Å²) in [5.41, 5.74) is 1.13. The number of nitrogens with one attached hydrogen (secondary N) is 1. The van der Waals surface area contributed by atoms with Gasteiger partial charge in [-0.15, -0.1) is 0 Å². The highest BCUT2D eigenvalue weighted by Crippen LogP contribution is 2.27. The number of likely N-dealkylation sites (N-methyl/N-ethyl adjacent to an activating group) is 1. The maximum Gasteiger partial charge on any atom is 0.292 e. The first-order valence-corrected chi connectivity index (χ1v) is 7.15. The average Bonchev–Trinajstić information content (AvgIpc) is 2.45. The van der Waals surface area contributed by atoms with Gasteiger partial charge in [0.1, 0.15) is 5.69 Å². The Labute approximate surface area is 125 Å². The van der Waals surface area contributed by atoms with Crippen LogP contribution in [0.2, 0.25) is 0 Å². The van der Waals surface area contributed by atoms with Gasteiger partial charge in [-0.3, -0.25) is 15.0 Å². The Morgan fingerprint density at radius 2 is 2.10 bits per heavy atom. The molecule has 2 N–H and O–H groups in total. The van der Waals surface area contributed by atoms with Crippen molar-refractivity contribution >= 4 is 11.4 Å². The second kappa shape index (κ2) is 7.38. The van der Waals surface area contributed by atoms with Crippen molar-refractivity contribution in [1.29, 1.82) is 0 Å². The molecule has 0 aliphatic heterocycles. The fraction of sp³-hybridized carbons (Fsp3) is 0.600. The molecule has 1 rings (SSSR count). The molecule has 0 saturated heterocycles. The molecule has 0 fully saturated rings. The number of hydrogen-bond acceptors (Lipinski definition) is 5. The summed E-state index contributed by atoms with van der Waals surface area (Å²) in [6.07, 6.45) is 0.909. The Morgan fingerprint density at radius 3 is 2.62 bits per heavy atom. The fourth-order valence-corrected chi connectivity index (χ4v) is 1.84. The first kappa shape index (κ1) is 17.4. The van der Waals surface area contributed by atoms with Crippen molar-refractivity contribution in [2.45, 2.75) is 39.3 Å². The zero-order chi connectivity index (χ0) is 16.0. The smallest absolute Gasteiger partial charge is 0.292 e. The summed E-state index contributed by atoms with van der Waals surface area (Å²) in [7, 11) is 1.89. The second-order valence-electron chi connectivity index (χ2n) is 5.86. The van der Waals surface area contributed by atoms with Gasteiger partial charge in [-0.05, 0) is 38.9 Å². The third-order valence-electron chi connectivity index (χ3n) is 3.66. The highest BCUT2D eigenvalue weighted by atomic mass is 16.6. The van der Waals surface area contributed by atoms with Crippen LogP contribution in [0.15, 0.2) is 18.2 Å². The standard InChI is InChI=1S/C15H25N3O3/c1-5-8-16-13-7-6-12(9-14(13)18(20)21)10-17(4)15(2,3)11-19/h6-7,9,16,19H,5,8,10-11H2,1-4H3. The van der Waals surface area contributed by atoms with Crippen molar-refractivity contribution in [2.75, 3.05) is 25.5 Å². The van der Waals surface area contributed by atoms with Crippen molar-refractivity contribution in [1.82, 2.24) is 4.90 Å². The normalized spacial score (nSPS) is 11.7. The average molecular weight is 295 g/mol. The van der Waals surface area contributed by atoms with Gasteiger partial charge in [-0.1, -0.05) is 13.0 Å². The summed E-state index contributed by atoms with van der Waals surface area (Å²) >= 11 is 0. The first-order valence-electron chi connectivity index (χ1n) is 7.15. The predicted octanol–water partition coefficient (Wildman–Crippen LogP) is 2.62. The van der Waals surface area contributed by atoms with Crippen LogP contribution < -0.4 is 5.32 Å². The van der Waals surface area contributed by atoms with Gasteiger partial charge in [-0.25, -0.2) is 0 Å². The van der Waals surface area contributed by atoms with Gasteiger partial charge < -0.3 is 10.4 Å². The molecule has 1 aromatic rings. The molecule has 6 nitrogen and oxygen atoms in total. The summed E-state index contributed by atoms with van der Waals surface area (Å²) in [6.45, 7) is 7.15. The van der Waals surface area contributed by atoms with Crippen LogP contribution in [0.4, 0.5) is 11.4 Å². The number of nitro groups is 1. The van der Waals surface area contributed by atoms with E-state index in [0.717, 1.165) is 12.0 Å². The van der Waals surface area contributed by atoms with E-state index in [9.17, 15) is 15.2 Å². The van der Waals surface area contributed by atoms with Crippen molar-refractivity contribution in [2.24, 2.45) is 0 Å². The zero-order valence-corrected chi connectivity index (χ0v) is 13.2. The number of aliphatic hydroxyl groups is 1. The highest BCUT2D eigenvalue weighted by molar-refractivity contribution is 5.62. The Morgan fingerprint density at radius 1 is 1.43 bits per heavy atom. The molecule has 0 amide bonds. The Balaban J connectivity index is 2.95. The van der Waals surface area contributed by atoms with Crippen molar-refractivity contribution in [3.8, 4) is 0 Å². The van der Waals surface area contributed by atoms with Crippen LogP contribution in [0.1, 0.15) is 32.8 Å². The molecule has 0 radical (unpaired) electrons. The number of aliphatic hydroxyl groups excluding tert-OH is 1. The Kier molecular flexibility index (Phi) is 6.11. The molecular weight excluding hydrogens is 270 g/mol. The summed E-state index contributed by atoms with van der Waals surface area (Å²) in [4.78, 5) is 12.8. The molecule has 0 unspecified atom stereocenters. The SMILES string of the molecule is CCCNc1ccc(CN(C)C(C)(C)CO)cc1[N+](=O)[O-]. The van der Waals surface area contributed by atoms with Crippen molar-refractivity contribution < 1.29 is 10.0 Å². The lowest BCUT2D eigenvalue weighted by Gasteiger charge is -2.33. The van der Waals surface area contributed by atoms with Gasteiger partial charge in [0.25, 0.3) is 5.69 Å². The number of hydrogen-bond donors (Lipinski definition) is 2. The second-order valence-corrected chi connectivity index (χ2v) is 5.86. The van der Waals surface area contributed by atoms with E-state index >= 15 is 0 Å². The molecular formula is C15H25N3O3. The maximum atomic E-state index is 11.2. The van der Waals surface area contributed by atoms with E-state index in [1.165, 1.54) is 0 Å². The van der Waals surface area contributed by atoms with Crippen LogP contribution in [0.3, 0.4) is 0 Å². The van der Waals surface area contributed by atoms with E-state index in [1.807, 2.05) is 38.8 Å². The number of nitro benzene ring substituents is 1. The minimum Gasteiger partial charge on any atom is -0.394 e. The van der Waals surface area contributed by atoms with Gasteiger partial charge in [-0.2, -0.15) is 0 Å². The zero-order valence-electron chi connectivity index (χ0n) is 13.2. The molecule has 1 aromatic carbocycles. The topological polar surface area (TPSA) is 78.6 Å². The third-order valence-corrected chi connectivity index (χ3v) is 3.66. The summed E-state index contributed by atoms with van der Waals surface area (Å²) in [5.74, 6) is 0. The molecule has 0 aliphatic carbocycles. The molecule has 0 atom stereocenters. The molecule has 21 heavy (non-hydrogen) atoms. The molecule has 6 heteroatoms. The first-order chi connectivity index (χ1) is 9.81. The fourth-order valence-electron chi connectivity index (χ4n) is 1.84. The molecule has 0 aromatic heterocycles. The third kappa shape index (κ3) is 4.68. The molecule has 0 spiro atoms. The van der Waals surface area contributed by atoms with Crippen molar-refractivity contribution in [3.63, 3.8) is 0 Å². The molecule has 0 aliphatic rings. The molecule has 118 valence electrons. The van der Waals surface area contributed by atoms with E-state index < -0.39 is 0 Å². The predicted molar refractivity (Wildman–Crippen MR) is 84.5 cm³/mol. The van der Waals surface area contributed by atoms with Crippen molar-refractivity contribution in [3.05, 3.63) is 33.9 Å². The quantitative estimate of drug-likeness (QED) is 0.569. The maximum absolute atomic E-state index is 11.2. The van der Waals surface area contributed by atoms with Gasteiger partial charge in [0.2, 0.25) is 0 Å². The van der Waals surface area contributed by atoms with Crippen LogP contribution in [-0.4, -0.2) is 40.7 Å². The summed E-state index contributed by atoms with van der Waals surface area (Å²) in [5, 5.41) is 23.6. The molecule has 0 saturated carbocycles. The van der Waals surface area contributed by atoms with Gasteiger partial charge in [0, 0.05) is 24.7 Å². The van der Waals surface area contributed by atoms with E-state index in [0.29, 0.717) is 18.8 Å². The van der Waals surface area contributed by atoms with Gasteiger partial charge in [0.15, 0.2) is 0 Å². The van der Waals surface area contributed by atoms with Crippen LogP contribution in [0.25, 0.3) is 0 Å². The summed E-state index contributed by atoms with van der Waals surface area (Å²) in [6, 6.07) is 5.24. The minimum absolute atomic E-state index is 0.0295. The van der Waals surface area contributed by atoms with Crippen LogP contribution in [-0.2, 0) is 6.54 Å². The number of benzene rings is 1. The minimum atomic E-state index is -0.367. The lowest BCUT2D eigenvalue weighted by Crippen LogP contribution is -2.43. The van der Waals surface area contributed by atoms with Crippen LogP contribution in [0, 0.1) is 10.1 Å². The van der Waals surface area contributed by atoms with Crippen LogP contribution in [0.5, 0.6) is 0 Å². The van der Waals surface area contributed by atoms with E-state index in [2.05, 4.69) is 5.32 Å². The monoisotopic (exact) mass is 295 g/mol. The highest BCUT2D eigenvalue weighted by Gasteiger charge is 2.23. The van der Waals surface area contributed by atoms with Gasteiger partial charge in [0.05, 0.1) is 11.5 Å². The lowest BCUT2D eigenvalue weighted by molar-refractivity contribution is -0.384. The molecule has 0 bridgehead atoms. The van der Waals surface area contributed by atoms with E-state index in [4.69, 9.17) is 0 Å². The summed E-state index contributed by atoms with van der Waals surface area (Å²) < 4.78 is 0. The number of rotatable bonds is 8. The largest absolute Gasteiger partial charge is 0.394 e. The van der Waals surface area contributed by atoms with Gasteiger partial charge >= 0.3 is 0 Å².